The van der Waals surface area contributed by atoms with E-state index in [-0.39, 0.29) is 0 Å². The molecule has 0 aliphatic carbocycles. The summed E-state index contributed by atoms with van der Waals surface area (Å²) in [5.41, 5.74) is 2.57. The smallest absolute Gasteiger partial charge is 0.132 e. The minimum Gasteiger partial charge on any atom is -0.386 e. The summed E-state index contributed by atoms with van der Waals surface area (Å²) in [6, 6.07) is 16.1. The first-order valence-corrected chi connectivity index (χ1v) is 12.1. The molecule has 2 unspecified atom stereocenters. The molecule has 2 aromatic rings. The van der Waals surface area contributed by atoms with Gasteiger partial charge in [-0.2, -0.15) is 0 Å². The SMILES string of the molecule is CC(CCCC(=O)CCCC(C)c1ccccc1C(C)(C)O)c1ccccc1C(C)(C)O. The van der Waals surface area contributed by atoms with Crippen LogP contribution in [-0.4, -0.2) is 16.0 Å². The fraction of sp³-hybridized carbons (Fsp3) is 0.552. The second-order valence-electron chi connectivity index (χ2n) is 10.4. The Morgan fingerprint density at radius 3 is 1.41 bits per heavy atom. The van der Waals surface area contributed by atoms with E-state index in [9.17, 15) is 15.0 Å². The van der Waals surface area contributed by atoms with Crippen LogP contribution in [0.15, 0.2) is 48.5 Å². The van der Waals surface area contributed by atoms with Crippen LogP contribution in [0.5, 0.6) is 0 Å². The average Bonchev–Trinajstić information content (AvgIpc) is 2.72. The fourth-order valence-electron chi connectivity index (χ4n) is 4.61. The normalized spacial score (nSPS) is 14.2. The van der Waals surface area contributed by atoms with Crippen LogP contribution in [0.3, 0.4) is 0 Å². The van der Waals surface area contributed by atoms with E-state index in [1.54, 1.807) is 0 Å². The molecule has 0 heterocycles. The van der Waals surface area contributed by atoms with Gasteiger partial charge in [-0.15, -0.1) is 0 Å². The van der Waals surface area contributed by atoms with Crippen LogP contribution < -0.4 is 0 Å². The third-order valence-corrected chi connectivity index (χ3v) is 6.49. The molecule has 0 amide bonds. The number of hydrogen-bond acceptors (Lipinski definition) is 3. The van der Waals surface area contributed by atoms with Crippen LogP contribution in [-0.2, 0) is 16.0 Å². The van der Waals surface area contributed by atoms with Gasteiger partial charge in [0.1, 0.15) is 5.78 Å². The Labute approximate surface area is 194 Å². The van der Waals surface area contributed by atoms with Crippen molar-refractivity contribution in [1.29, 1.82) is 0 Å². The van der Waals surface area contributed by atoms with Gasteiger partial charge in [-0.05, 0) is 87.5 Å². The molecule has 0 bridgehead atoms. The van der Waals surface area contributed by atoms with E-state index in [0.717, 1.165) is 36.8 Å². The Morgan fingerprint density at radius 2 is 1.06 bits per heavy atom. The summed E-state index contributed by atoms with van der Waals surface area (Å²) in [5, 5.41) is 20.9. The van der Waals surface area contributed by atoms with Crippen molar-refractivity contribution < 1.29 is 15.0 Å². The molecule has 2 aromatic carbocycles. The third kappa shape index (κ3) is 7.56. The fourth-order valence-corrected chi connectivity index (χ4v) is 4.61. The summed E-state index contributed by atoms with van der Waals surface area (Å²) in [4.78, 5) is 12.5. The predicted molar refractivity (Wildman–Crippen MR) is 133 cm³/mol. The van der Waals surface area contributed by atoms with Crippen molar-refractivity contribution in [1.82, 2.24) is 0 Å². The van der Waals surface area contributed by atoms with E-state index in [0.29, 0.717) is 30.5 Å². The van der Waals surface area contributed by atoms with Crippen LogP contribution in [0.1, 0.15) is 114 Å². The van der Waals surface area contributed by atoms with Gasteiger partial charge in [0.25, 0.3) is 0 Å². The zero-order valence-corrected chi connectivity index (χ0v) is 20.8. The molecule has 0 fully saturated rings. The van der Waals surface area contributed by atoms with E-state index in [2.05, 4.69) is 26.0 Å². The number of ketones is 1. The van der Waals surface area contributed by atoms with Gasteiger partial charge in [-0.3, -0.25) is 4.79 Å². The standard InChI is InChI=1S/C29H42O3/c1-21(24-17-7-9-19-26(24)28(3,4)31)13-11-15-23(30)16-12-14-22(2)25-18-8-10-20-27(25)29(5,6)32/h7-10,17-22,31-32H,11-16H2,1-6H3. The Bertz CT molecular complexity index is 799. The highest BCUT2D eigenvalue weighted by molar-refractivity contribution is 5.78. The van der Waals surface area contributed by atoms with Gasteiger partial charge in [0.05, 0.1) is 11.2 Å². The van der Waals surface area contributed by atoms with Crippen molar-refractivity contribution >= 4 is 5.78 Å². The van der Waals surface area contributed by atoms with Gasteiger partial charge in [0.15, 0.2) is 0 Å². The topological polar surface area (TPSA) is 57.5 Å². The molecule has 3 nitrogen and oxygen atoms in total. The maximum absolute atomic E-state index is 12.5. The molecule has 0 spiro atoms. The Kier molecular flexibility index (Phi) is 9.24. The number of carbonyl (C=O) groups excluding carboxylic acids is 1. The molecular weight excluding hydrogens is 396 g/mol. The Morgan fingerprint density at radius 1 is 0.719 bits per heavy atom. The second-order valence-corrected chi connectivity index (χ2v) is 10.4. The molecule has 2 atom stereocenters. The quantitative estimate of drug-likeness (QED) is 0.377. The third-order valence-electron chi connectivity index (χ3n) is 6.49. The van der Waals surface area contributed by atoms with E-state index in [1.165, 1.54) is 11.1 Å². The molecular formula is C29H42O3. The van der Waals surface area contributed by atoms with E-state index in [1.807, 2.05) is 64.1 Å². The lowest BCUT2D eigenvalue weighted by Crippen LogP contribution is -2.19. The maximum Gasteiger partial charge on any atom is 0.132 e. The number of rotatable bonds is 12. The zero-order chi connectivity index (χ0) is 23.9. The van der Waals surface area contributed by atoms with Crippen LogP contribution in [0.4, 0.5) is 0 Å². The first-order chi connectivity index (χ1) is 14.9. The first-order valence-electron chi connectivity index (χ1n) is 12.1. The average molecular weight is 439 g/mol. The van der Waals surface area contributed by atoms with Crippen molar-refractivity contribution in [2.24, 2.45) is 0 Å². The minimum absolute atomic E-state index is 0.309. The summed E-state index contributed by atoms with van der Waals surface area (Å²) in [7, 11) is 0. The largest absolute Gasteiger partial charge is 0.386 e. The maximum atomic E-state index is 12.5. The van der Waals surface area contributed by atoms with Crippen LogP contribution >= 0.6 is 0 Å². The summed E-state index contributed by atoms with van der Waals surface area (Å²) in [6.45, 7) is 11.6. The minimum atomic E-state index is -0.860. The summed E-state index contributed by atoms with van der Waals surface area (Å²) >= 11 is 0. The number of carbonyl (C=O) groups is 1. The molecule has 176 valence electrons. The summed E-state index contributed by atoms with van der Waals surface area (Å²) in [6.07, 6.45) is 4.85. The van der Waals surface area contributed by atoms with E-state index in [4.69, 9.17) is 0 Å². The molecule has 0 aromatic heterocycles. The van der Waals surface area contributed by atoms with Gasteiger partial charge in [-0.1, -0.05) is 62.4 Å². The molecule has 0 radical (unpaired) electrons. The predicted octanol–water partition coefficient (Wildman–Crippen LogP) is 6.96. The lowest BCUT2D eigenvalue weighted by Gasteiger charge is -2.25. The first kappa shape index (κ1) is 26.3. The molecule has 0 aliphatic heterocycles. The molecule has 3 heteroatoms. The van der Waals surface area contributed by atoms with Gasteiger partial charge >= 0.3 is 0 Å². The van der Waals surface area contributed by atoms with Crippen LogP contribution in [0.2, 0.25) is 0 Å². The van der Waals surface area contributed by atoms with Gasteiger partial charge in [0.2, 0.25) is 0 Å². The second kappa shape index (κ2) is 11.2. The highest BCUT2D eigenvalue weighted by atomic mass is 16.3. The van der Waals surface area contributed by atoms with Crippen LogP contribution in [0, 0.1) is 0 Å². The molecule has 2 N–H and O–H groups in total. The lowest BCUT2D eigenvalue weighted by molar-refractivity contribution is -0.119. The van der Waals surface area contributed by atoms with E-state index >= 15 is 0 Å². The van der Waals surface area contributed by atoms with Crippen molar-refractivity contribution in [3.8, 4) is 0 Å². The van der Waals surface area contributed by atoms with Gasteiger partial charge in [0, 0.05) is 12.8 Å². The Balaban J connectivity index is 1.80. The van der Waals surface area contributed by atoms with Crippen LogP contribution in [0.25, 0.3) is 0 Å². The molecule has 32 heavy (non-hydrogen) atoms. The van der Waals surface area contributed by atoms with Crippen molar-refractivity contribution in [3.63, 3.8) is 0 Å². The number of Topliss-reactive ketones (excluding diaryl/α,β-unsaturated/α-hetero) is 1. The number of hydrogen-bond donors (Lipinski definition) is 2. The summed E-state index contributed by atoms with van der Waals surface area (Å²) in [5.74, 6) is 0.948. The number of benzene rings is 2. The molecule has 2 rings (SSSR count). The zero-order valence-electron chi connectivity index (χ0n) is 20.8. The Hall–Kier alpha value is -1.97. The van der Waals surface area contributed by atoms with Crippen molar-refractivity contribution in [3.05, 3.63) is 70.8 Å². The molecule has 0 saturated heterocycles. The van der Waals surface area contributed by atoms with Crippen molar-refractivity contribution in [2.45, 2.75) is 103 Å². The van der Waals surface area contributed by atoms with Crippen molar-refractivity contribution in [2.75, 3.05) is 0 Å². The van der Waals surface area contributed by atoms with Gasteiger partial charge < -0.3 is 10.2 Å². The highest BCUT2D eigenvalue weighted by Gasteiger charge is 2.23. The highest BCUT2D eigenvalue weighted by Crippen LogP contribution is 2.33. The van der Waals surface area contributed by atoms with E-state index < -0.39 is 11.2 Å². The molecule has 0 saturated carbocycles. The summed E-state index contributed by atoms with van der Waals surface area (Å²) < 4.78 is 0. The number of aliphatic hydroxyl groups is 2. The monoisotopic (exact) mass is 438 g/mol. The molecule has 0 aliphatic rings. The lowest BCUT2D eigenvalue weighted by atomic mass is 9.84. The van der Waals surface area contributed by atoms with Gasteiger partial charge in [-0.25, -0.2) is 0 Å².